The summed E-state index contributed by atoms with van der Waals surface area (Å²) < 4.78 is 0. The van der Waals surface area contributed by atoms with Gasteiger partial charge in [-0.25, -0.2) is 0 Å². The van der Waals surface area contributed by atoms with Crippen LogP contribution in [0.4, 0.5) is 5.69 Å². The number of anilines is 1. The number of hydrogen-bond donors (Lipinski definition) is 2. The maximum atomic E-state index is 11.3. The Kier molecular flexibility index (Phi) is 4.73. The molecule has 0 aromatic heterocycles. The summed E-state index contributed by atoms with van der Waals surface area (Å²) in [5, 5.41) is 12.3. The monoisotopic (exact) mass is 250 g/mol. The minimum absolute atomic E-state index is 0.416. The molecule has 2 N–H and O–H groups in total. The fourth-order valence-electron chi connectivity index (χ4n) is 1.95. The van der Waals surface area contributed by atoms with Gasteiger partial charge in [0.1, 0.15) is 5.54 Å². The van der Waals surface area contributed by atoms with Crippen LogP contribution in [0.25, 0.3) is 0 Å². The molecule has 0 fully saturated rings. The summed E-state index contributed by atoms with van der Waals surface area (Å²) in [6.07, 6.45) is 0. The predicted octanol–water partition coefficient (Wildman–Crippen LogP) is 1.88. The van der Waals surface area contributed by atoms with E-state index in [0.717, 1.165) is 5.69 Å². The third-order valence-corrected chi connectivity index (χ3v) is 3.07. The first-order chi connectivity index (χ1) is 8.39. The molecule has 0 heterocycles. The molecule has 1 unspecified atom stereocenters. The molecule has 4 heteroatoms. The average molecular weight is 250 g/mol. The van der Waals surface area contributed by atoms with E-state index in [1.165, 1.54) is 5.56 Å². The molecule has 4 nitrogen and oxygen atoms in total. The van der Waals surface area contributed by atoms with E-state index in [1.54, 1.807) is 6.92 Å². The van der Waals surface area contributed by atoms with Crippen LogP contribution in [-0.4, -0.2) is 36.8 Å². The van der Waals surface area contributed by atoms with Gasteiger partial charge in [0, 0.05) is 19.3 Å². The van der Waals surface area contributed by atoms with E-state index in [1.807, 2.05) is 50.1 Å². The van der Waals surface area contributed by atoms with Gasteiger partial charge < -0.3 is 15.3 Å². The van der Waals surface area contributed by atoms with Crippen molar-refractivity contribution in [3.05, 3.63) is 29.8 Å². The van der Waals surface area contributed by atoms with E-state index in [-0.39, 0.29) is 0 Å². The lowest BCUT2D eigenvalue weighted by Crippen LogP contribution is -2.56. The lowest BCUT2D eigenvalue weighted by atomic mass is 10.0. The van der Waals surface area contributed by atoms with Gasteiger partial charge in [-0.05, 0) is 32.5 Å². The van der Waals surface area contributed by atoms with Gasteiger partial charge in [-0.2, -0.15) is 0 Å². The third kappa shape index (κ3) is 3.47. The van der Waals surface area contributed by atoms with E-state index < -0.39 is 11.5 Å². The highest BCUT2D eigenvalue weighted by atomic mass is 16.4. The second kappa shape index (κ2) is 5.87. The number of aliphatic carboxylic acids is 1. The molecular weight excluding hydrogens is 228 g/mol. The number of rotatable bonds is 6. The summed E-state index contributed by atoms with van der Waals surface area (Å²) in [6.45, 7) is 6.70. The van der Waals surface area contributed by atoms with Crippen LogP contribution >= 0.6 is 0 Å². The molecule has 0 aliphatic rings. The lowest BCUT2D eigenvalue weighted by Gasteiger charge is -2.32. The van der Waals surface area contributed by atoms with Gasteiger partial charge >= 0.3 is 5.97 Å². The number of benzene rings is 1. The zero-order valence-electron chi connectivity index (χ0n) is 11.5. The average Bonchev–Trinajstić information content (AvgIpc) is 2.29. The van der Waals surface area contributed by atoms with Gasteiger partial charge in [-0.1, -0.05) is 24.6 Å². The van der Waals surface area contributed by atoms with E-state index in [2.05, 4.69) is 5.32 Å². The van der Waals surface area contributed by atoms with Crippen LogP contribution < -0.4 is 10.2 Å². The zero-order chi connectivity index (χ0) is 13.8. The Morgan fingerprint density at radius 1 is 1.39 bits per heavy atom. The van der Waals surface area contributed by atoms with Crippen LogP contribution in [-0.2, 0) is 4.79 Å². The van der Waals surface area contributed by atoms with Crippen LogP contribution in [0.1, 0.15) is 19.4 Å². The molecule has 1 atom stereocenters. The molecule has 0 saturated heterocycles. The molecule has 1 aromatic carbocycles. The Labute approximate surface area is 109 Å². The summed E-state index contributed by atoms with van der Waals surface area (Å²) in [5.41, 5.74) is 1.28. The number of nitrogens with one attached hydrogen (secondary N) is 1. The SMILES string of the molecule is CCNC(C)(CN(C)c1ccc(C)cc1)C(=O)O. The summed E-state index contributed by atoms with van der Waals surface area (Å²) in [4.78, 5) is 13.3. The van der Waals surface area contributed by atoms with Crippen molar-refractivity contribution >= 4 is 11.7 Å². The predicted molar refractivity (Wildman–Crippen MR) is 74.2 cm³/mol. The van der Waals surface area contributed by atoms with Crippen molar-refractivity contribution in [3.63, 3.8) is 0 Å². The van der Waals surface area contributed by atoms with Gasteiger partial charge in [0.25, 0.3) is 0 Å². The van der Waals surface area contributed by atoms with Crippen molar-refractivity contribution in [3.8, 4) is 0 Å². The number of carboxylic acid groups (broad SMARTS) is 1. The highest BCUT2D eigenvalue weighted by Crippen LogP contribution is 2.16. The molecule has 100 valence electrons. The Hall–Kier alpha value is -1.55. The lowest BCUT2D eigenvalue weighted by molar-refractivity contribution is -0.143. The quantitative estimate of drug-likeness (QED) is 0.809. The first kappa shape index (κ1) is 14.5. The molecule has 0 amide bonds. The molecule has 0 saturated carbocycles. The molecule has 0 bridgehead atoms. The van der Waals surface area contributed by atoms with Crippen molar-refractivity contribution in [1.29, 1.82) is 0 Å². The number of carbonyl (C=O) groups is 1. The molecule has 0 aliphatic heterocycles. The molecule has 0 spiro atoms. The number of nitrogens with zero attached hydrogens (tertiary/aromatic N) is 1. The third-order valence-electron chi connectivity index (χ3n) is 3.07. The summed E-state index contributed by atoms with van der Waals surface area (Å²) in [6, 6.07) is 8.06. The van der Waals surface area contributed by atoms with Crippen molar-refractivity contribution < 1.29 is 9.90 Å². The first-order valence-corrected chi connectivity index (χ1v) is 6.15. The fraction of sp³-hybridized carbons (Fsp3) is 0.500. The second-order valence-corrected chi connectivity index (χ2v) is 4.86. The van der Waals surface area contributed by atoms with Gasteiger partial charge in [0.15, 0.2) is 0 Å². The molecule has 0 radical (unpaired) electrons. The summed E-state index contributed by atoms with van der Waals surface area (Å²) in [7, 11) is 1.91. The van der Waals surface area contributed by atoms with Crippen LogP contribution in [0.2, 0.25) is 0 Å². The highest BCUT2D eigenvalue weighted by Gasteiger charge is 2.33. The second-order valence-electron chi connectivity index (χ2n) is 4.86. The van der Waals surface area contributed by atoms with E-state index in [0.29, 0.717) is 13.1 Å². The first-order valence-electron chi connectivity index (χ1n) is 6.15. The minimum Gasteiger partial charge on any atom is -0.480 e. The van der Waals surface area contributed by atoms with Crippen LogP contribution in [0, 0.1) is 6.92 Å². The van der Waals surface area contributed by atoms with Gasteiger partial charge in [0.2, 0.25) is 0 Å². The van der Waals surface area contributed by atoms with Crippen LogP contribution in [0.3, 0.4) is 0 Å². The maximum absolute atomic E-state index is 11.3. The smallest absolute Gasteiger partial charge is 0.325 e. The standard InChI is InChI=1S/C14H22N2O2/c1-5-15-14(3,13(17)18)10-16(4)12-8-6-11(2)7-9-12/h6-9,15H,5,10H2,1-4H3,(H,17,18). The topological polar surface area (TPSA) is 52.6 Å². The van der Waals surface area contributed by atoms with Crippen molar-refractivity contribution in [1.82, 2.24) is 5.32 Å². The maximum Gasteiger partial charge on any atom is 0.325 e. The van der Waals surface area contributed by atoms with E-state index in [4.69, 9.17) is 0 Å². The van der Waals surface area contributed by atoms with Gasteiger partial charge in [-0.15, -0.1) is 0 Å². The zero-order valence-corrected chi connectivity index (χ0v) is 11.5. The number of likely N-dealkylation sites (N-methyl/N-ethyl adjacent to an activating group) is 2. The molecule has 1 rings (SSSR count). The van der Waals surface area contributed by atoms with Crippen LogP contribution in [0.5, 0.6) is 0 Å². The van der Waals surface area contributed by atoms with E-state index in [9.17, 15) is 9.90 Å². The Balaban J connectivity index is 2.81. The normalized spacial score (nSPS) is 14.0. The Morgan fingerprint density at radius 3 is 2.39 bits per heavy atom. The number of hydrogen-bond acceptors (Lipinski definition) is 3. The fourth-order valence-corrected chi connectivity index (χ4v) is 1.95. The summed E-state index contributed by atoms with van der Waals surface area (Å²) in [5.74, 6) is -0.830. The van der Waals surface area contributed by atoms with E-state index >= 15 is 0 Å². The van der Waals surface area contributed by atoms with Gasteiger partial charge in [0.05, 0.1) is 0 Å². The minimum atomic E-state index is -0.936. The number of aryl methyl sites for hydroxylation is 1. The van der Waals surface area contributed by atoms with Gasteiger partial charge in [-0.3, -0.25) is 4.79 Å². The highest BCUT2D eigenvalue weighted by molar-refractivity contribution is 5.79. The Morgan fingerprint density at radius 2 is 1.94 bits per heavy atom. The summed E-state index contributed by atoms with van der Waals surface area (Å²) >= 11 is 0. The Bertz CT molecular complexity index is 403. The molecule has 18 heavy (non-hydrogen) atoms. The number of carboxylic acids is 1. The van der Waals surface area contributed by atoms with Crippen molar-refractivity contribution in [2.75, 3.05) is 25.0 Å². The molecular formula is C14H22N2O2. The van der Waals surface area contributed by atoms with Crippen molar-refractivity contribution in [2.45, 2.75) is 26.3 Å². The molecule has 1 aromatic rings. The molecule has 0 aliphatic carbocycles. The van der Waals surface area contributed by atoms with Crippen molar-refractivity contribution in [2.24, 2.45) is 0 Å². The van der Waals surface area contributed by atoms with Crippen LogP contribution in [0.15, 0.2) is 24.3 Å². The largest absolute Gasteiger partial charge is 0.480 e.